The lowest BCUT2D eigenvalue weighted by Crippen LogP contribution is -2.26. The Kier molecular flexibility index (Phi) is 6.72. The molecular weight excluding hydrogens is 472 g/mol. The predicted molar refractivity (Wildman–Crippen MR) is 139 cm³/mol. The van der Waals surface area contributed by atoms with E-state index in [9.17, 15) is 14.4 Å². The Morgan fingerprint density at radius 1 is 1.11 bits per heavy atom. The standard InChI is InChI=1S/C27H28N6O4/c1-18-16-22(30-37-18)25(35)29-27-28-21-17-20(31(2)26(36)19-8-4-3-5-9-19)11-12-23(21)33(27)15-7-14-32-13-6-10-24(32)34/h3-5,8-9,11-12,16-17H,6-7,10,13-15H2,1-2H3,(H,28,29,35). The molecule has 1 N–H and O–H groups in total. The lowest BCUT2D eigenvalue weighted by Gasteiger charge is -2.18. The van der Waals surface area contributed by atoms with E-state index in [2.05, 4.69) is 15.5 Å². The second-order valence-electron chi connectivity index (χ2n) is 9.11. The van der Waals surface area contributed by atoms with Gasteiger partial charge in [-0.05, 0) is 50.1 Å². The van der Waals surface area contributed by atoms with Crippen LogP contribution in [0.3, 0.4) is 0 Å². The smallest absolute Gasteiger partial charge is 0.280 e. The topological polar surface area (TPSA) is 114 Å². The summed E-state index contributed by atoms with van der Waals surface area (Å²) in [5, 5.41) is 6.63. The van der Waals surface area contributed by atoms with Gasteiger partial charge in [0, 0.05) is 50.4 Å². The average Bonchev–Trinajstić information content (AvgIpc) is 3.62. The molecule has 37 heavy (non-hydrogen) atoms. The molecule has 0 atom stereocenters. The van der Waals surface area contributed by atoms with E-state index in [1.54, 1.807) is 37.1 Å². The van der Waals surface area contributed by atoms with Crippen molar-refractivity contribution in [2.45, 2.75) is 32.7 Å². The molecule has 0 bridgehead atoms. The number of fused-ring (bicyclic) bond motifs is 1. The first-order valence-corrected chi connectivity index (χ1v) is 12.3. The average molecular weight is 501 g/mol. The largest absolute Gasteiger partial charge is 0.361 e. The minimum Gasteiger partial charge on any atom is -0.361 e. The van der Waals surface area contributed by atoms with Crippen molar-refractivity contribution >= 4 is 40.4 Å². The Morgan fingerprint density at radius 3 is 2.62 bits per heavy atom. The Bertz CT molecular complexity index is 1460. The number of nitrogens with one attached hydrogen (secondary N) is 1. The van der Waals surface area contributed by atoms with Crippen molar-refractivity contribution in [3.8, 4) is 0 Å². The molecule has 0 saturated carbocycles. The molecule has 3 heterocycles. The van der Waals surface area contributed by atoms with Crippen molar-refractivity contribution in [2.24, 2.45) is 0 Å². The third-order valence-electron chi connectivity index (χ3n) is 6.51. The maximum atomic E-state index is 12.9. The van der Waals surface area contributed by atoms with Gasteiger partial charge in [0.15, 0.2) is 5.69 Å². The van der Waals surface area contributed by atoms with Crippen LogP contribution in [0.4, 0.5) is 11.6 Å². The molecular formula is C27H28N6O4. The van der Waals surface area contributed by atoms with Crippen molar-refractivity contribution < 1.29 is 18.9 Å². The zero-order valence-electron chi connectivity index (χ0n) is 20.8. The number of likely N-dealkylation sites (tertiary alicyclic amines) is 1. The number of amides is 3. The highest BCUT2D eigenvalue weighted by Gasteiger charge is 2.22. The monoisotopic (exact) mass is 500 g/mol. The molecule has 1 aliphatic rings. The molecule has 0 aliphatic carbocycles. The number of imidazole rings is 1. The van der Waals surface area contributed by atoms with E-state index in [0.29, 0.717) is 54.4 Å². The summed E-state index contributed by atoms with van der Waals surface area (Å²) in [5.74, 6) is 0.512. The summed E-state index contributed by atoms with van der Waals surface area (Å²) in [5.41, 5.74) is 2.87. The quantitative estimate of drug-likeness (QED) is 0.393. The van der Waals surface area contributed by atoms with Gasteiger partial charge in [-0.15, -0.1) is 0 Å². The molecule has 10 heteroatoms. The third kappa shape index (κ3) is 5.09. The summed E-state index contributed by atoms with van der Waals surface area (Å²) in [6, 6.07) is 16.2. The van der Waals surface area contributed by atoms with Crippen LogP contribution < -0.4 is 10.2 Å². The van der Waals surface area contributed by atoms with Crippen molar-refractivity contribution in [3.05, 3.63) is 71.6 Å². The lowest BCUT2D eigenvalue weighted by atomic mass is 10.2. The van der Waals surface area contributed by atoms with Crippen LogP contribution in [0.1, 0.15) is 45.9 Å². The molecule has 0 unspecified atom stereocenters. The summed E-state index contributed by atoms with van der Waals surface area (Å²) in [4.78, 5) is 45.9. The molecule has 0 radical (unpaired) electrons. The molecule has 0 spiro atoms. The molecule has 1 fully saturated rings. The second kappa shape index (κ2) is 10.3. The second-order valence-corrected chi connectivity index (χ2v) is 9.11. The normalized spacial score (nSPS) is 13.4. The summed E-state index contributed by atoms with van der Waals surface area (Å²) in [6.07, 6.45) is 2.20. The highest BCUT2D eigenvalue weighted by Crippen LogP contribution is 2.26. The van der Waals surface area contributed by atoms with E-state index in [1.165, 1.54) is 0 Å². The fourth-order valence-corrected chi connectivity index (χ4v) is 4.54. The van der Waals surface area contributed by atoms with Crippen LogP contribution >= 0.6 is 0 Å². The first kappa shape index (κ1) is 24.2. The minimum atomic E-state index is -0.431. The van der Waals surface area contributed by atoms with Crippen LogP contribution in [0.25, 0.3) is 11.0 Å². The van der Waals surface area contributed by atoms with Crippen LogP contribution in [0, 0.1) is 6.92 Å². The van der Waals surface area contributed by atoms with E-state index < -0.39 is 5.91 Å². The molecule has 3 amide bonds. The van der Waals surface area contributed by atoms with E-state index in [0.717, 1.165) is 18.5 Å². The molecule has 2 aromatic carbocycles. The lowest BCUT2D eigenvalue weighted by molar-refractivity contribution is -0.127. The molecule has 2 aromatic heterocycles. The fraction of sp³-hybridized carbons (Fsp3) is 0.296. The number of anilines is 2. The fourth-order valence-electron chi connectivity index (χ4n) is 4.54. The number of carbonyl (C=O) groups is 3. The number of rotatable bonds is 8. The maximum absolute atomic E-state index is 12.9. The van der Waals surface area contributed by atoms with Gasteiger partial charge in [-0.2, -0.15) is 0 Å². The van der Waals surface area contributed by atoms with Crippen molar-refractivity contribution in [1.29, 1.82) is 0 Å². The van der Waals surface area contributed by atoms with Gasteiger partial charge in [-0.3, -0.25) is 19.7 Å². The Labute approximate surface area is 213 Å². The number of benzene rings is 2. The van der Waals surface area contributed by atoms with Crippen LogP contribution in [0.15, 0.2) is 59.1 Å². The van der Waals surface area contributed by atoms with Gasteiger partial charge in [0.1, 0.15) is 5.76 Å². The number of nitrogens with zero attached hydrogens (tertiary/aromatic N) is 5. The summed E-state index contributed by atoms with van der Waals surface area (Å²) in [7, 11) is 1.72. The molecule has 190 valence electrons. The predicted octanol–water partition coefficient (Wildman–Crippen LogP) is 3.87. The van der Waals surface area contributed by atoms with E-state index in [4.69, 9.17) is 4.52 Å². The van der Waals surface area contributed by atoms with E-state index in [1.807, 2.05) is 45.9 Å². The van der Waals surface area contributed by atoms with Gasteiger partial charge in [0.2, 0.25) is 11.9 Å². The van der Waals surface area contributed by atoms with Crippen molar-refractivity contribution in [1.82, 2.24) is 19.6 Å². The Morgan fingerprint density at radius 2 is 1.92 bits per heavy atom. The zero-order chi connectivity index (χ0) is 25.9. The van der Waals surface area contributed by atoms with Gasteiger partial charge in [0.25, 0.3) is 11.8 Å². The highest BCUT2D eigenvalue weighted by molar-refractivity contribution is 6.06. The van der Waals surface area contributed by atoms with Crippen LogP contribution in [-0.4, -0.2) is 57.5 Å². The van der Waals surface area contributed by atoms with Gasteiger partial charge < -0.3 is 18.9 Å². The Hall–Kier alpha value is -4.47. The van der Waals surface area contributed by atoms with Crippen LogP contribution in [0.2, 0.25) is 0 Å². The number of carbonyl (C=O) groups excluding carboxylic acids is 3. The minimum absolute atomic E-state index is 0.135. The molecule has 1 saturated heterocycles. The first-order chi connectivity index (χ1) is 17.9. The highest BCUT2D eigenvalue weighted by atomic mass is 16.5. The van der Waals surface area contributed by atoms with E-state index in [-0.39, 0.29) is 17.5 Å². The first-order valence-electron chi connectivity index (χ1n) is 12.3. The number of aromatic nitrogens is 3. The van der Waals surface area contributed by atoms with E-state index >= 15 is 0 Å². The zero-order valence-corrected chi connectivity index (χ0v) is 20.8. The molecule has 4 aromatic rings. The van der Waals surface area contributed by atoms with Gasteiger partial charge in [0.05, 0.1) is 11.0 Å². The van der Waals surface area contributed by atoms with Crippen molar-refractivity contribution in [2.75, 3.05) is 30.4 Å². The summed E-state index contributed by atoms with van der Waals surface area (Å²) >= 11 is 0. The van der Waals surface area contributed by atoms with Crippen LogP contribution in [-0.2, 0) is 11.3 Å². The third-order valence-corrected chi connectivity index (χ3v) is 6.51. The van der Waals surface area contributed by atoms with Gasteiger partial charge in [-0.1, -0.05) is 23.4 Å². The summed E-state index contributed by atoms with van der Waals surface area (Å²) < 4.78 is 6.95. The number of hydrogen-bond acceptors (Lipinski definition) is 6. The summed E-state index contributed by atoms with van der Waals surface area (Å²) in [6.45, 7) is 3.68. The SMILES string of the molecule is Cc1cc(C(=O)Nc2nc3cc(N(C)C(=O)c4ccccc4)ccc3n2CCCN2CCCC2=O)no1. The van der Waals surface area contributed by atoms with Gasteiger partial charge in [-0.25, -0.2) is 4.98 Å². The number of aryl methyl sites for hydroxylation is 2. The Balaban J connectivity index is 1.43. The maximum Gasteiger partial charge on any atom is 0.280 e. The van der Waals surface area contributed by atoms with Gasteiger partial charge >= 0.3 is 0 Å². The molecule has 5 rings (SSSR count). The number of hydrogen-bond donors (Lipinski definition) is 1. The molecule has 1 aliphatic heterocycles. The van der Waals surface area contributed by atoms with Crippen LogP contribution in [0.5, 0.6) is 0 Å². The molecule has 10 nitrogen and oxygen atoms in total. The van der Waals surface area contributed by atoms with Crippen molar-refractivity contribution in [3.63, 3.8) is 0 Å².